The van der Waals surface area contributed by atoms with Gasteiger partial charge in [0, 0.05) is 11.5 Å². The van der Waals surface area contributed by atoms with Crippen LogP contribution in [0.3, 0.4) is 0 Å². The largest absolute Gasteiger partial charge is 0.322 e. The summed E-state index contributed by atoms with van der Waals surface area (Å²) >= 11 is 6.77. The van der Waals surface area contributed by atoms with E-state index in [1.54, 1.807) is 0 Å². The number of aryl methyl sites for hydroxylation is 1. The predicted octanol–water partition coefficient (Wildman–Crippen LogP) is 3.10. The summed E-state index contributed by atoms with van der Waals surface area (Å²) in [6.45, 7) is 0. The van der Waals surface area contributed by atoms with Crippen molar-refractivity contribution in [3.8, 4) is 0 Å². The number of fused-ring (bicyclic) bond motifs is 1. The number of hydrogen-bond acceptors (Lipinski definition) is 1. The Morgan fingerprint density at radius 1 is 1.33 bits per heavy atom. The maximum atomic E-state index is 4.32. The van der Waals surface area contributed by atoms with Gasteiger partial charge in [-0.05, 0) is 34.1 Å². The summed E-state index contributed by atoms with van der Waals surface area (Å²) in [4.78, 5) is 4.32. The molecule has 2 aromatic rings. The van der Waals surface area contributed by atoms with Crippen molar-refractivity contribution in [2.24, 2.45) is 7.05 Å². The van der Waals surface area contributed by atoms with Gasteiger partial charge in [-0.1, -0.05) is 15.9 Å². The highest BCUT2D eigenvalue weighted by Crippen LogP contribution is 2.21. The topological polar surface area (TPSA) is 17.8 Å². The molecule has 0 unspecified atom stereocenters. The van der Waals surface area contributed by atoms with Gasteiger partial charge in [-0.3, -0.25) is 0 Å². The lowest BCUT2D eigenvalue weighted by atomic mass is 10.3. The summed E-state index contributed by atoms with van der Waals surface area (Å²) in [5.41, 5.74) is 2.13. The minimum absolute atomic E-state index is 0.857. The zero-order chi connectivity index (χ0) is 8.72. The van der Waals surface area contributed by atoms with Crippen LogP contribution in [0.2, 0.25) is 0 Å². The molecular formula is C8H6Br2N2. The molecule has 1 aromatic heterocycles. The predicted molar refractivity (Wildman–Crippen MR) is 56.1 cm³/mol. The monoisotopic (exact) mass is 288 g/mol. The maximum Gasteiger partial charge on any atom is 0.177 e. The Bertz CT molecular complexity index is 434. The summed E-state index contributed by atoms with van der Waals surface area (Å²) in [6, 6.07) is 6.05. The van der Waals surface area contributed by atoms with Crippen LogP contribution in [0.15, 0.2) is 27.4 Å². The van der Waals surface area contributed by atoms with E-state index in [-0.39, 0.29) is 0 Å². The van der Waals surface area contributed by atoms with Gasteiger partial charge >= 0.3 is 0 Å². The number of imidazole rings is 1. The molecule has 0 N–H and O–H groups in total. The molecule has 1 aromatic carbocycles. The van der Waals surface area contributed by atoms with Crippen molar-refractivity contribution in [1.82, 2.24) is 9.55 Å². The number of benzene rings is 1. The normalized spacial score (nSPS) is 10.9. The highest BCUT2D eigenvalue weighted by molar-refractivity contribution is 9.10. The van der Waals surface area contributed by atoms with Gasteiger partial charge in [0.25, 0.3) is 0 Å². The van der Waals surface area contributed by atoms with Gasteiger partial charge in [-0.2, -0.15) is 0 Å². The van der Waals surface area contributed by atoms with E-state index in [1.165, 1.54) is 0 Å². The number of nitrogens with zero attached hydrogens (tertiary/aromatic N) is 2. The lowest BCUT2D eigenvalue weighted by molar-refractivity contribution is 0.912. The quantitative estimate of drug-likeness (QED) is 0.729. The molecule has 0 bridgehead atoms. The molecular weight excluding hydrogens is 284 g/mol. The fraction of sp³-hybridized carbons (Fsp3) is 0.125. The van der Waals surface area contributed by atoms with Crippen LogP contribution in [-0.2, 0) is 7.05 Å². The molecule has 4 heteroatoms. The number of aromatic nitrogens is 2. The van der Waals surface area contributed by atoms with Gasteiger partial charge in [0.2, 0.25) is 0 Å². The Labute approximate surface area is 86.9 Å². The van der Waals surface area contributed by atoms with Gasteiger partial charge in [0.1, 0.15) is 0 Å². The van der Waals surface area contributed by atoms with Crippen molar-refractivity contribution in [3.05, 3.63) is 27.4 Å². The molecule has 0 spiro atoms. The molecule has 0 fully saturated rings. The molecule has 0 aliphatic carbocycles. The highest BCUT2D eigenvalue weighted by atomic mass is 79.9. The number of hydrogen-bond donors (Lipinski definition) is 0. The van der Waals surface area contributed by atoms with Crippen LogP contribution in [0, 0.1) is 0 Å². The summed E-state index contributed by atoms with van der Waals surface area (Å²) < 4.78 is 3.91. The Morgan fingerprint density at radius 2 is 2.08 bits per heavy atom. The molecule has 0 amide bonds. The summed E-state index contributed by atoms with van der Waals surface area (Å²) in [5.74, 6) is 0. The smallest absolute Gasteiger partial charge is 0.177 e. The Hall–Kier alpha value is -0.350. The van der Waals surface area contributed by atoms with E-state index < -0.39 is 0 Å². The molecule has 62 valence electrons. The molecule has 0 saturated carbocycles. The Kier molecular flexibility index (Phi) is 1.96. The SMILES string of the molecule is Cn1c(Br)nc2cc(Br)ccc21. The molecule has 0 aliphatic rings. The van der Waals surface area contributed by atoms with E-state index in [9.17, 15) is 0 Å². The lowest BCUT2D eigenvalue weighted by Crippen LogP contribution is -1.85. The van der Waals surface area contributed by atoms with Crippen molar-refractivity contribution in [3.63, 3.8) is 0 Å². The highest BCUT2D eigenvalue weighted by Gasteiger charge is 2.03. The molecule has 12 heavy (non-hydrogen) atoms. The van der Waals surface area contributed by atoms with Gasteiger partial charge in [-0.15, -0.1) is 0 Å². The third-order valence-electron chi connectivity index (χ3n) is 1.79. The van der Waals surface area contributed by atoms with E-state index in [1.807, 2.05) is 29.8 Å². The summed E-state index contributed by atoms with van der Waals surface area (Å²) in [5, 5.41) is 0. The molecule has 0 aliphatic heterocycles. The first kappa shape index (κ1) is 8.26. The van der Waals surface area contributed by atoms with Gasteiger partial charge in [0.15, 0.2) is 4.73 Å². The minimum atomic E-state index is 0.857. The van der Waals surface area contributed by atoms with Gasteiger partial charge in [0.05, 0.1) is 11.0 Å². The first-order chi connectivity index (χ1) is 5.68. The van der Waals surface area contributed by atoms with Crippen LogP contribution >= 0.6 is 31.9 Å². The van der Waals surface area contributed by atoms with Crippen molar-refractivity contribution in [2.45, 2.75) is 0 Å². The van der Waals surface area contributed by atoms with Crippen LogP contribution < -0.4 is 0 Å². The van der Waals surface area contributed by atoms with Crippen LogP contribution in [0.4, 0.5) is 0 Å². The van der Waals surface area contributed by atoms with Gasteiger partial charge < -0.3 is 4.57 Å². The molecule has 1 heterocycles. The molecule has 2 nitrogen and oxygen atoms in total. The average molecular weight is 290 g/mol. The Balaban J connectivity index is 2.87. The number of halogens is 2. The van der Waals surface area contributed by atoms with Crippen LogP contribution in [0.1, 0.15) is 0 Å². The molecule has 0 saturated heterocycles. The van der Waals surface area contributed by atoms with E-state index >= 15 is 0 Å². The van der Waals surface area contributed by atoms with Crippen molar-refractivity contribution in [1.29, 1.82) is 0 Å². The lowest BCUT2D eigenvalue weighted by Gasteiger charge is -1.94. The van der Waals surface area contributed by atoms with Crippen molar-refractivity contribution >= 4 is 42.9 Å². The van der Waals surface area contributed by atoms with Crippen LogP contribution in [-0.4, -0.2) is 9.55 Å². The zero-order valence-corrected chi connectivity index (χ0v) is 9.55. The second kappa shape index (κ2) is 2.85. The Morgan fingerprint density at radius 3 is 2.83 bits per heavy atom. The maximum absolute atomic E-state index is 4.32. The van der Waals surface area contributed by atoms with Crippen molar-refractivity contribution in [2.75, 3.05) is 0 Å². The third-order valence-corrected chi connectivity index (χ3v) is 2.99. The van der Waals surface area contributed by atoms with Gasteiger partial charge in [-0.25, -0.2) is 4.98 Å². The second-order valence-electron chi connectivity index (χ2n) is 2.57. The fourth-order valence-corrected chi connectivity index (χ4v) is 1.87. The summed E-state index contributed by atoms with van der Waals surface area (Å²) in [6.07, 6.45) is 0. The average Bonchev–Trinajstić information content (AvgIpc) is 2.28. The van der Waals surface area contributed by atoms with Crippen LogP contribution in [0.25, 0.3) is 11.0 Å². The zero-order valence-electron chi connectivity index (χ0n) is 6.38. The summed E-state index contributed by atoms with van der Waals surface area (Å²) in [7, 11) is 1.98. The van der Waals surface area contributed by atoms with Crippen LogP contribution in [0.5, 0.6) is 0 Å². The molecule has 0 radical (unpaired) electrons. The first-order valence-electron chi connectivity index (χ1n) is 3.46. The third kappa shape index (κ3) is 1.19. The second-order valence-corrected chi connectivity index (χ2v) is 4.20. The standard InChI is InChI=1S/C8H6Br2N2/c1-12-7-3-2-5(9)4-6(7)11-8(12)10/h2-4H,1H3. The van der Waals surface area contributed by atoms with E-state index in [0.29, 0.717) is 0 Å². The van der Waals surface area contributed by atoms with E-state index in [4.69, 9.17) is 0 Å². The molecule has 0 atom stereocenters. The fourth-order valence-electron chi connectivity index (χ4n) is 1.14. The van der Waals surface area contributed by atoms with Crippen molar-refractivity contribution < 1.29 is 0 Å². The number of rotatable bonds is 0. The molecule has 2 rings (SSSR count). The first-order valence-corrected chi connectivity index (χ1v) is 5.04. The van der Waals surface area contributed by atoms with E-state index in [2.05, 4.69) is 36.8 Å². The minimum Gasteiger partial charge on any atom is -0.322 e. The van der Waals surface area contributed by atoms with E-state index in [0.717, 1.165) is 20.2 Å².